The Morgan fingerprint density at radius 3 is 3.11 bits per heavy atom. The highest BCUT2D eigenvalue weighted by Gasteiger charge is 2.41. The van der Waals surface area contributed by atoms with Crippen LogP contribution in [-0.2, 0) is 12.0 Å². The van der Waals surface area contributed by atoms with Gasteiger partial charge in [0.1, 0.15) is 10.8 Å². The molecule has 0 saturated carbocycles. The lowest BCUT2D eigenvalue weighted by Crippen LogP contribution is -2.41. The fourth-order valence-electron chi connectivity index (χ4n) is 2.86. The third-order valence-corrected chi connectivity index (χ3v) is 4.51. The average molecular weight is 262 g/mol. The van der Waals surface area contributed by atoms with E-state index in [9.17, 15) is 4.39 Å². The van der Waals surface area contributed by atoms with Crippen LogP contribution in [0.25, 0.3) is 0 Å². The van der Waals surface area contributed by atoms with Gasteiger partial charge >= 0.3 is 0 Å². The van der Waals surface area contributed by atoms with Crippen molar-refractivity contribution in [1.82, 2.24) is 10.3 Å². The van der Waals surface area contributed by atoms with Crippen LogP contribution in [0.1, 0.15) is 29.5 Å². The Balaban J connectivity index is 2.14. The third-order valence-electron chi connectivity index (χ3n) is 3.57. The van der Waals surface area contributed by atoms with Gasteiger partial charge in [0.15, 0.2) is 0 Å². The molecular weight excluding hydrogens is 247 g/mol. The van der Waals surface area contributed by atoms with Crippen molar-refractivity contribution in [3.05, 3.63) is 51.7 Å². The summed E-state index contributed by atoms with van der Waals surface area (Å²) in [5.41, 5.74) is 2.07. The lowest BCUT2D eigenvalue weighted by atomic mass is 9.92. The fraction of sp³-hybridized carbons (Fsp3) is 0.357. The molecule has 0 spiro atoms. The monoisotopic (exact) mass is 262 g/mol. The quantitative estimate of drug-likeness (QED) is 0.919. The molecule has 0 saturated heterocycles. The molecule has 1 heterocycles. The van der Waals surface area contributed by atoms with E-state index < -0.39 is 0 Å². The van der Waals surface area contributed by atoms with Crippen molar-refractivity contribution in [2.75, 3.05) is 6.54 Å². The van der Waals surface area contributed by atoms with Crippen LogP contribution in [0.5, 0.6) is 0 Å². The standard InChI is InChI=1S/C14H15FN2S/c1-2-17-14(13-16-7-8-18-13)6-5-10-9-11(15)3-4-12(10)14/h3-4,7-9,17H,2,5-6H2,1H3. The van der Waals surface area contributed by atoms with Crippen molar-refractivity contribution in [2.24, 2.45) is 0 Å². The van der Waals surface area contributed by atoms with Crippen LogP contribution in [-0.4, -0.2) is 11.5 Å². The Kier molecular flexibility index (Phi) is 2.92. The maximum atomic E-state index is 13.3. The van der Waals surface area contributed by atoms with Gasteiger partial charge in [-0.15, -0.1) is 11.3 Å². The maximum absolute atomic E-state index is 13.3. The van der Waals surface area contributed by atoms with Crippen LogP contribution < -0.4 is 5.32 Å². The lowest BCUT2D eigenvalue weighted by molar-refractivity contribution is 0.407. The first kappa shape index (κ1) is 11.8. The number of benzene rings is 1. The Morgan fingerprint density at radius 1 is 1.50 bits per heavy atom. The minimum Gasteiger partial charge on any atom is -0.302 e. The zero-order chi connectivity index (χ0) is 12.6. The smallest absolute Gasteiger partial charge is 0.123 e. The number of hydrogen-bond donors (Lipinski definition) is 1. The Morgan fingerprint density at radius 2 is 2.39 bits per heavy atom. The summed E-state index contributed by atoms with van der Waals surface area (Å²) in [6.07, 6.45) is 3.69. The van der Waals surface area contributed by atoms with E-state index in [1.165, 1.54) is 5.56 Å². The molecule has 1 unspecified atom stereocenters. The van der Waals surface area contributed by atoms with E-state index in [-0.39, 0.29) is 11.4 Å². The van der Waals surface area contributed by atoms with E-state index in [1.807, 2.05) is 17.6 Å². The second-order valence-corrected chi connectivity index (χ2v) is 5.47. The number of aromatic nitrogens is 1. The molecule has 1 aliphatic rings. The summed E-state index contributed by atoms with van der Waals surface area (Å²) < 4.78 is 13.3. The molecule has 2 nitrogen and oxygen atoms in total. The van der Waals surface area contributed by atoms with Crippen molar-refractivity contribution < 1.29 is 4.39 Å². The molecule has 0 aliphatic heterocycles. The Hall–Kier alpha value is -1.26. The minimum absolute atomic E-state index is 0.153. The Labute approximate surface area is 110 Å². The highest BCUT2D eigenvalue weighted by molar-refractivity contribution is 7.09. The average Bonchev–Trinajstić information content (AvgIpc) is 2.98. The molecule has 2 aromatic rings. The summed E-state index contributed by atoms with van der Waals surface area (Å²) in [6.45, 7) is 2.97. The number of nitrogens with one attached hydrogen (secondary N) is 1. The largest absolute Gasteiger partial charge is 0.302 e. The number of halogens is 1. The number of fused-ring (bicyclic) bond motifs is 1. The van der Waals surface area contributed by atoms with E-state index in [4.69, 9.17) is 0 Å². The highest BCUT2D eigenvalue weighted by atomic mass is 32.1. The molecule has 3 rings (SSSR count). The van der Waals surface area contributed by atoms with Gasteiger partial charge in [0.25, 0.3) is 0 Å². The van der Waals surface area contributed by atoms with Crippen LogP contribution in [0.15, 0.2) is 29.8 Å². The summed E-state index contributed by atoms with van der Waals surface area (Å²) in [5.74, 6) is -0.153. The molecule has 1 aromatic carbocycles. The van der Waals surface area contributed by atoms with E-state index in [0.29, 0.717) is 0 Å². The van der Waals surface area contributed by atoms with Crippen molar-refractivity contribution in [3.8, 4) is 0 Å². The molecular formula is C14H15FN2S. The first-order chi connectivity index (χ1) is 8.76. The summed E-state index contributed by atoms with van der Waals surface area (Å²) in [4.78, 5) is 4.47. The first-order valence-electron chi connectivity index (χ1n) is 6.20. The van der Waals surface area contributed by atoms with Crippen molar-refractivity contribution in [3.63, 3.8) is 0 Å². The summed E-state index contributed by atoms with van der Waals surface area (Å²) >= 11 is 1.66. The molecule has 4 heteroatoms. The summed E-state index contributed by atoms with van der Waals surface area (Å²) in [6, 6.07) is 5.10. The predicted molar refractivity (Wildman–Crippen MR) is 71.3 cm³/mol. The van der Waals surface area contributed by atoms with E-state index in [1.54, 1.807) is 23.5 Å². The van der Waals surface area contributed by atoms with E-state index in [0.717, 1.165) is 30.0 Å². The normalized spacial score (nSPS) is 22.1. The van der Waals surface area contributed by atoms with Gasteiger partial charge in [0.2, 0.25) is 0 Å². The highest BCUT2D eigenvalue weighted by Crippen LogP contribution is 2.42. The number of aryl methyl sites for hydroxylation is 1. The molecule has 0 bridgehead atoms. The predicted octanol–water partition coefficient (Wildman–Crippen LogP) is 3.08. The first-order valence-corrected chi connectivity index (χ1v) is 7.08. The lowest BCUT2D eigenvalue weighted by Gasteiger charge is -2.29. The number of hydrogen-bond acceptors (Lipinski definition) is 3. The molecule has 1 aromatic heterocycles. The van der Waals surface area contributed by atoms with Gasteiger partial charge in [-0.1, -0.05) is 13.0 Å². The number of thiazole rings is 1. The zero-order valence-electron chi connectivity index (χ0n) is 10.2. The second kappa shape index (κ2) is 4.44. The number of rotatable bonds is 3. The van der Waals surface area contributed by atoms with Crippen LogP contribution in [0.4, 0.5) is 4.39 Å². The second-order valence-electron chi connectivity index (χ2n) is 4.57. The van der Waals surface area contributed by atoms with Gasteiger partial charge in [-0.2, -0.15) is 0 Å². The molecule has 1 atom stereocenters. The van der Waals surface area contributed by atoms with Crippen LogP contribution >= 0.6 is 11.3 Å². The van der Waals surface area contributed by atoms with E-state index >= 15 is 0 Å². The molecule has 18 heavy (non-hydrogen) atoms. The van der Waals surface area contributed by atoms with Crippen LogP contribution in [0.2, 0.25) is 0 Å². The summed E-state index contributed by atoms with van der Waals surface area (Å²) in [5, 5.41) is 6.64. The van der Waals surface area contributed by atoms with Crippen molar-refractivity contribution in [1.29, 1.82) is 0 Å². The van der Waals surface area contributed by atoms with Gasteiger partial charge in [-0.05, 0) is 42.6 Å². The topological polar surface area (TPSA) is 24.9 Å². The van der Waals surface area contributed by atoms with Crippen molar-refractivity contribution >= 4 is 11.3 Å². The van der Waals surface area contributed by atoms with Gasteiger partial charge in [0.05, 0.1) is 5.54 Å². The maximum Gasteiger partial charge on any atom is 0.123 e. The fourth-order valence-corrected chi connectivity index (χ4v) is 3.72. The van der Waals surface area contributed by atoms with Gasteiger partial charge in [-0.3, -0.25) is 0 Å². The molecule has 94 valence electrons. The molecule has 0 fully saturated rings. The summed E-state index contributed by atoms with van der Waals surface area (Å²) in [7, 11) is 0. The molecule has 0 amide bonds. The minimum atomic E-state index is -0.216. The Bertz CT molecular complexity index is 553. The zero-order valence-corrected chi connectivity index (χ0v) is 11.1. The molecule has 0 radical (unpaired) electrons. The van der Waals surface area contributed by atoms with Crippen LogP contribution in [0, 0.1) is 5.82 Å². The number of nitrogens with zero attached hydrogens (tertiary/aromatic N) is 1. The van der Waals surface area contributed by atoms with Gasteiger partial charge in [-0.25, -0.2) is 9.37 Å². The van der Waals surface area contributed by atoms with Crippen LogP contribution in [0.3, 0.4) is 0 Å². The molecule has 1 aliphatic carbocycles. The molecule has 1 N–H and O–H groups in total. The SMILES string of the molecule is CCNC1(c2nccs2)CCc2cc(F)ccc21. The van der Waals surface area contributed by atoms with Gasteiger partial charge in [0, 0.05) is 11.6 Å². The van der Waals surface area contributed by atoms with Gasteiger partial charge < -0.3 is 5.32 Å². The third kappa shape index (κ3) is 1.68. The van der Waals surface area contributed by atoms with E-state index in [2.05, 4.69) is 17.2 Å². The van der Waals surface area contributed by atoms with Crippen molar-refractivity contribution in [2.45, 2.75) is 25.3 Å².